The molecule has 1 fully saturated rings. The van der Waals surface area contributed by atoms with E-state index >= 15 is 0 Å². The summed E-state index contributed by atoms with van der Waals surface area (Å²) in [6, 6.07) is 7.11. The Labute approximate surface area is 124 Å². The Hall–Kier alpha value is -2.04. The number of hydrogen-bond acceptors (Lipinski definition) is 3. The zero-order chi connectivity index (χ0) is 15.4. The molecule has 1 atom stereocenters. The van der Waals surface area contributed by atoms with Crippen molar-refractivity contribution in [2.45, 2.75) is 19.8 Å². The van der Waals surface area contributed by atoms with Gasteiger partial charge >= 0.3 is 5.97 Å². The van der Waals surface area contributed by atoms with Crippen LogP contribution in [0.4, 0.5) is 0 Å². The number of para-hydroxylation sites is 1. The Kier molecular flexibility index (Phi) is 4.83. The van der Waals surface area contributed by atoms with Crippen LogP contribution in [0.1, 0.15) is 30.1 Å². The van der Waals surface area contributed by atoms with E-state index in [0.717, 1.165) is 0 Å². The number of rotatable bonds is 7. The van der Waals surface area contributed by atoms with Gasteiger partial charge in [-0.3, -0.25) is 9.59 Å². The molecule has 0 saturated heterocycles. The quantitative estimate of drug-likeness (QED) is 0.837. The Morgan fingerprint density at radius 3 is 2.67 bits per heavy atom. The highest BCUT2D eigenvalue weighted by Crippen LogP contribution is 2.30. The summed E-state index contributed by atoms with van der Waals surface area (Å²) in [5.41, 5.74) is 0.484. The van der Waals surface area contributed by atoms with Crippen LogP contribution >= 0.6 is 0 Å². The van der Waals surface area contributed by atoms with Gasteiger partial charge in [-0.25, -0.2) is 0 Å². The van der Waals surface area contributed by atoms with E-state index in [1.54, 1.807) is 32.2 Å². The van der Waals surface area contributed by atoms with Crippen molar-refractivity contribution in [2.24, 2.45) is 11.8 Å². The third-order valence-corrected chi connectivity index (χ3v) is 3.60. The molecule has 0 bridgehead atoms. The first-order valence-electron chi connectivity index (χ1n) is 7.19. The lowest BCUT2D eigenvalue weighted by Crippen LogP contribution is -2.33. The number of carbonyl (C=O) groups excluding carboxylic acids is 1. The topological polar surface area (TPSA) is 66.8 Å². The van der Waals surface area contributed by atoms with Crippen LogP contribution in [0.5, 0.6) is 5.75 Å². The lowest BCUT2D eigenvalue weighted by Gasteiger charge is -2.21. The molecule has 5 heteroatoms. The van der Waals surface area contributed by atoms with Crippen molar-refractivity contribution in [3.05, 3.63) is 29.8 Å². The second kappa shape index (κ2) is 6.61. The first-order chi connectivity index (χ1) is 9.99. The molecule has 1 aromatic carbocycles. The van der Waals surface area contributed by atoms with Crippen LogP contribution in [-0.4, -0.2) is 42.1 Å². The fraction of sp³-hybridized carbons (Fsp3) is 0.500. The highest BCUT2D eigenvalue weighted by molar-refractivity contribution is 5.97. The lowest BCUT2D eigenvalue weighted by atomic mass is 10.1. The molecule has 21 heavy (non-hydrogen) atoms. The van der Waals surface area contributed by atoms with E-state index < -0.39 is 11.9 Å². The van der Waals surface area contributed by atoms with Gasteiger partial charge in [0.25, 0.3) is 5.91 Å². The standard InChI is InChI=1S/C16H21NO4/c1-11(16(19)20)9-17(2)15(18)13-5-3-4-6-14(13)21-10-12-7-8-12/h3-6,11-12H,7-10H2,1-2H3,(H,19,20). The maximum atomic E-state index is 12.4. The van der Waals surface area contributed by atoms with Gasteiger partial charge < -0.3 is 14.7 Å². The SMILES string of the molecule is CC(CN(C)C(=O)c1ccccc1OCC1CC1)C(=O)O. The third-order valence-electron chi connectivity index (χ3n) is 3.60. The molecule has 1 aliphatic rings. The number of aliphatic carboxylic acids is 1. The lowest BCUT2D eigenvalue weighted by molar-refractivity contribution is -0.141. The Bertz CT molecular complexity index is 525. The number of benzene rings is 1. The van der Waals surface area contributed by atoms with E-state index in [1.807, 2.05) is 6.07 Å². The molecule has 1 amide bonds. The molecule has 1 aromatic rings. The number of hydrogen-bond donors (Lipinski definition) is 1. The summed E-state index contributed by atoms with van der Waals surface area (Å²) in [7, 11) is 1.61. The van der Waals surface area contributed by atoms with E-state index in [4.69, 9.17) is 9.84 Å². The van der Waals surface area contributed by atoms with Crippen molar-refractivity contribution in [3.8, 4) is 5.75 Å². The second-order valence-electron chi connectivity index (χ2n) is 5.68. The molecule has 1 N–H and O–H groups in total. The number of carbonyl (C=O) groups is 2. The summed E-state index contributed by atoms with van der Waals surface area (Å²) in [6.45, 7) is 2.40. The first-order valence-corrected chi connectivity index (χ1v) is 7.19. The highest BCUT2D eigenvalue weighted by atomic mass is 16.5. The molecule has 0 aliphatic heterocycles. The Morgan fingerprint density at radius 2 is 2.05 bits per heavy atom. The predicted molar refractivity (Wildman–Crippen MR) is 78.4 cm³/mol. The molecule has 2 rings (SSSR count). The van der Waals surface area contributed by atoms with E-state index in [-0.39, 0.29) is 12.5 Å². The molecule has 0 heterocycles. The average molecular weight is 291 g/mol. The van der Waals surface area contributed by atoms with Gasteiger partial charge in [0, 0.05) is 13.6 Å². The predicted octanol–water partition coefficient (Wildman–Crippen LogP) is 2.27. The number of carboxylic acid groups (broad SMARTS) is 1. The van der Waals surface area contributed by atoms with Crippen molar-refractivity contribution in [3.63, 3.8) is 0 Å². The molecule has 0 aromatic heterocycles. The zero-order valence-electron chi connectivity index (χ0n) is 12.4. The van der Waals surface area contributed by atoms with E-state index in [1.165, 1.54) is 17.7 Å². The normalized spacial score (nSPS) is 15.3. The molecule has 5 nitrogen and oxygen atoms in total. The van der Waals surface area contributed by atoms with Crippen molar-refractivity contribution in [1.29, 1.82) is 0 Å². The van der Waals surface area contributed by atoms with Crippen LogP contribution in [-0.2, 0) is 4.79 Å². The monoisotopic (exact) mass is 291 g/mol. The van der Waals surface area contributed by atoms with Crippen LogP contribution in [0.15, 0.2) is 24.3 Å². The molecule has 0 spiro atoms. The van der Waals surface area contributed by atoms with Crippen LogP contribution in [0.3, 0.4) is 0 Å². The second-order valence-corrected chi connectivity index (χ2v) is 5.68. The summed E-state index contributed by atoms with van der Waals surface area (Å²) in [4.78, 5) is 24.7. The van der Waals surface area contributed by atoms with Gasteiger partial charge in [-0.05, 0) is 30.9 Å². The smallest absolute Gasteiger partial charge is 0.308 e. The molecule has 1 saturated carbocycles. The van der Waals surface area contributed by atoms with Gasteiger partial charge in [-0.15, -0.1) is 0 Å². The summed E-state index contributed by atoms with van der Waals surface area (Å²) in [6.07, 6.45) is 2.37. The zero-order valence-corrected chi connectivity index (χ0v) is 12.4. The fourth-order valence-corrected chi connectivity index (χ4v) is 2.04. The number of ether oxygens (including phenoxy) is 1. The maximum absolute atomic E-state index is 12.4. The molecule has 1 aliphatic carbocycles. The third kappa shape index (κ3) is 4.21. The summed E-state index contributed by atoms with van der Waals surface area (Å²) >= 11 is 0. The van der Waals surface area contributed by atoms with Gasteiger partial charge in [0.05, 0.1) is 18.1 Å². The number of nitrogens with zero attached hydrogens (tertiary/aromatic N) is 1. The molecule has 1 unspecified atom stereocenters. The minimum absolute atomic E-state index is 0.172. The fourth-order valence-electron chi connectivity index (χ4n) is 2.04. The highest BCUT2D eigenvalue weighted by Gasteiger charge is 2.24. The van der Waals surface area contributed by atoms with Gasteiger partial charge in [-0.2, -0.15) is 0 Å². The molecule has 114 valence electrons. The van der Waals surface area contributed by atoms with Gasteiger partial charge in [0.2, 0.25) is 0 Å². The largest absolute Gasteiger partial charge is 0.492 e. The number of amides is 1. The minimum atomic E-state index is -0.909. The van der Waals surface area contributed by atoms with Gasteiger partial charge in [0.15, 0.2) is 0 Å². The van der Waals surface area contributed by atoms with Crippen LogP contribution in [0, 0.1) is 11.8 Å². The summed E-state index contributed by atoms with van der Waals surface area (Å²) in [5.74, 6) is -0.539. The van der Waals surface area contributed by atoms with Crippen molar-refractivity contribution in [2.75, 3.05) is 20.2 Å². The molecule has 0 radical (unpaired) electrons. The van der Waals surface area contributed by atoms with Crippen LogP contribution < -0.4 is 4.74 Å². The molecular weight excluding hydrogens is 270 g/mol. The number of carboxylic acids is 1. The maximum Gasteiger partial charge on any atom is 0.308 e. The van der Waals surface area contributed by atoms with Crippen molar-refractivity contribution < 1.29 is 19.4 Å². The summed E-state index contributed by atoms with van der Waals surface area (Å²) < 4.78 is 5.72. The minimum Gasteiger partial charge on any atom is -0.492 e. The van der Waals surface area contributed by atoms with Crippen molar-refractivity contribution >= 4 is 11.9 Å². The van der Waals surface area contributed by atoms with Gasteiger partial charge in [-0.1, -0.05) is 19.1 Å². The van der Waals surface area contributed by atoms with Gasteiger partial charge in [0.1, 0.15) is 5.75 Å². The van der Waals surface area contributed by atoms with E-state index in [9.17, 15) is 9.59 Å². The van der Waals surface area contributed by atoms with E-state index in [0.29, 0.717) is 23.8 Å². The van der Waals surface area contributed by atoms with Crippen molar-refractivity contribution in [1.82, 2.24) is 4.90 Å². The van der Waals surface area contributed by atoms with Crippen LogP contribution in [0.2, 0.25) is 0 Å². The Balaban J connectivity index is 2.04. The Morgan fingerprint density at radius 1 is 1.38 bits per heavy atom. The first kappa shape index (κ1) is 15.4. The molecular formula is C16H21NO4. The van der Waals surface area contributed by atoms with E-state index in [2.05, 4.69) is 0 Å². The summed E-state index contributed by atoms with van der Waals surface area (Å²) in [5, 5.41) is 8.93. The average Bonchev–Trinajstić information content (AvgIpc) is 3.28. The van der Waals surface area contributed by atoms with Crippen LogP contribution in [0.25, 0.3) is 0 Å².